The predicted octanol–water partition coefficient (Wildman–Crippen LogP) is 2.16. The molecular weight excluding hydrogens is 242 g/mol. The van der Waals surface area contributed by atoms with Gasteiger partial charge in [0, 0.05) is 12.6 Å². The second-order valence-corrected chi connectivity index (χ2v) is 6.02. The highest BCUT2D eigenvalue weighted by Crippen LogP contribution is 2.63. The second kappa shape index (κ2) is 4.51. The summed E-state index contributed by atoms with van der Waals surface area (Å²) in [6.07, 6.45) is 0. The zero-order valence-corrected chi connectivity index (χ0v) is 12.5. The Balaban J connectivity index is 2.19. The number of aromatic nitrogens is 3. The van der Waals surface area contributed by atoms with Gasteiger partial charge in [0.25, 0.3) is 0 Å². The summed E-state index contributed by atoms with van der Waals surface area (Å²) in [5.41, 5.74) is 0.455. The molecule has 0 spiro atoms. The van der Waals surface area contributed by atoms with Gasteiger partial charge in [-0.25, -0.2) is 0 Å². The summed E-state index contributed by atoms with van der Waals surface area (Å²) in [4.78, 5) is 12.8. The highest BCUT2D eigenvalue weighted by Gasteiger charge is 2.65. The topological polar surface area (TPSA) is 72.0 Å². The van der Waals surface area contributed by atoms with Gasteiger partial charge in [0.1, 0.15) is 0 Å². The Bertz CT molecular complexity index is 458. The van der Waals surface area contributed by atoms with Gasteiger partial charge in [0.05, 0.1) is 7.11 Å². The third-order valence-corrected chi connectivity index (χ3v) is 4.43. The van der Waals surface area contributed by atoms with Crippen LogP contribution >= 0.6 is 0 Å². The van der Waals surface area contributed by atoms with E-state index in [1.165, 1.54) is 0 Å². The molecule has 1 aromatic heterocycles. The minimum absolute atomic E-state index is 0.227. The lowest BCUT2D eigenvalue weighted by Gasteiger charge is -2.09. The molecule has 0 saturated heterocycles. The summed E-state index contributed by atoms with van der Waals surface area (Å²) in [7, 11) is 1.56. The summed E-state index contributed by atoms with van der Waals surface area (Å²) in [6.45, 7) is 11.7. The van der Waals surface area contributed by atoms with E-state index in [1.807, 2.05) is 6.92 Å². The molecule has 6 nitrogen and oxygen atoms in total. The van der Waals surface area contributed by atoms with Crippen LogP contribution in [0, 0.1) is 10.8 Å². The van der Waals surface area contributed by atoms with Crippen molar-refractivity contribution in [3.05, 3.63) is 0 Å². The first kappa shape index (κ1) is 13.8. The lowest BCUT2D eigenvalue weighted by molar-refractivity contribution is 0.379. The number of anilines is 2. The number of methoxy groups -OCH3 is 1. The first-order valence-corrected chi connectivity index (χ1v) is 6.63. The fraction of sp³-hybridized carbons (Fsp3) is 0.769. The van der Waals surface area contributed by atoms with E-state index in [0.29, 0.717) is 23.9 Å². The van der Waals surface area contributed by atoms with Crippen LogP contribution in [0.4, 0.5) is 11.9 Å². The SMILES string of the molecule is CCNc1nc(NC2C(C)(C)C2(C)C)nc(OC)n1. The summed E-state index contributed by atoms with van der Waals surface area (Å²) in [5, 5.41) is 6.46. The van der Waals surface area contributed by atoms with Gasteiger partial charge in [-0.05, 0) is 17.8 Å². The first-order valence-electron chi connectivity index (χ1n) is 6.63. The van der Waals surface area contributed by atoms with Crippen LogP contribution in [0.3, 0.4) is 0 Å². The largest absolute Gasteiger partial charge is 0.467 e. The van der Waals surface area contributed by atoms with Crippen molar-refractivity contribution in [2.75, 3.05) is 24.3 Å². The summed E-state index contributed by atoms with van der Waals surface area (Å²) in [5.74, 6) is 1.10. The predicted molar refractivity (Wildman–Crippen MR) is 75.5 cm³/mol. The number of hydrogen-bond acceptors (Lipinski definition) is 6. The van der Waals surface area contributed by atoms with Gasteiger partial charge in [-0.2, -0.15) is 15.0 Å². The van der Waals surface area contributed by atoms with E-state index in [2.05, 4.69) is 53.3 Å². The lowest BCUT2D eigenvalue weighted by atomic mass is 10.0. The summed E-state index contributed by atoms with van der Waals surface area (Å²) < 4.78 is 5.11. The average molecular weight is 265 g/mol. The van der Waals surface area contributed by atoms with Crippen molar-refractivity contribution < 1.29 is 4.74 Å². The van der Waals surface area contributed by atoms with Crippen molar-refractivity contribution in [2.24, 2.45) is 10.8 Å². The van der Waals surface area contributed by atoms with Crippen molar-refractivity contribution in [3.63, 3.8) is 0 Å². The first-order chi connectivity index (χ1) is 8.82. The Labute approximate surface area is 114 Å². The Morgan fingerprint density at radius 1 is 1.05 bits per heavy atom. The molecule has 0 aliphatic heterocycles. The lowest BCUT2D eigenvalue weighted by Crippen LogP contribution is -2.15. The molecular formula is C13H23N5O. The molecule has 1 saturated carbocycles. The minimum atomic E-state index is 0.227. The Kier molecular flexibility index (Phi) is 3.28. The number of rotatable bonds is 5. The third-order valence-electron chi connectivity index (χ3n) is 4.43. The van der Waals surface area contributed by atoms with Gasteiger partial charge in [-0.1, -0.05) is 27.7 Å². The maximum atomic E-state index is 5.11. The average Bonchev–Trinajstić information content (AvgIpc) is 2.72. The highest BCUT2D eigenvalue weighted by molar-refractivity contribution is 5.41. The molecule has 2 N–H and O–H groups in total. The van der Waals surface area contributed by atoms with Crippen LogP contribution in [0.1, 0.15) is 34.6 Å². The van der Waals surface area contributed by atoms with Crippen molar-refractivity contribution in [1.29, 1.82) is 0 Å². The molecule has 0 amide bonds. The van der Waals surface area contributed by atoms with Crippen LogP contribution < -0.4 is 15.4 Å². The molecule has 2 rings (SSSR count). The van der Waals surface area contributed by atoms with Crippen molar-refractivity contribution >= 4 is 11.9 Å². The van der Waals surface area contributed by atoms with Crippen LogP contribution in [0.25, 0.3) is 0 Å². The fourth-order valence-corrected chi connectivity index (χ4v) is 2.44. The highest BCUT2D eigenvalue weighted by atomic mass is 16.5. The molecule has 0 atom stereocenters. The zero-order chi connectivity index (χ0) is 14.3. The van der Waals surface area contributed by atoms with E-state index < -0.39 is 0 Å². The molecule has 6 heteroatoms. The zero-order valence-electron chi connectivity index (χ0n) is 12.5. The molecule has 1 aliphatic carbocycles. The molecule has 106 valence electrons. The second-order valence-electron chi connectivity index (χ2n) is 6.02. The van der Waals surface area contributed by atoms with Gasteiger partial charge in [0.2, 0.25) is 11.9 Å². The van der Waals surface area contributed by atoms with E-state index in [1.54, 1.807) is 7.11 Å². The van der Waals surface area contributed by atoms with E-state index >= 15 is 0 Å². The van der Waals surface area contributed by atoms with Gasteiger partial charge in [0.15, 0.2) is 0 Å². The van der Waals surface area contributed by atoms with Gasteiger partial charge in [-0.3, -0.25) is 0 Å². The Morgan fingerprint density at radius 2 is 1.63 bits per heavy atom. The third kappa shape index (κ3) is 2.31. The number of ether oxygens (including phenoxy) is 1. The molecule has 1 aliphatic rings. The minimum Gasteiger partial charge on any atom is -0.467 e. The number of nitrogens with zero attached hydrogens (tertiary/aromatic N) is 3. The molecule has 0 radical (unpaired) electrons. The maximum Gasteiger partial charge on any atom is 0.322 e. The van der Waals surface area contributed by atoms with Gasteiger partial charge in [-0.15, -0.1) is 0 Å². The molecule has 19 heavy (non-hydrogen) atoms. The maximum absolute atomic E-state index is 5.11. The van der Waals surface area contributed by atoms with Crippen LogP contribution in [0.2, 0.25) is 0 Å². The standard InChI is InChI=1S/C13H23N5O/c1-7-14-9-16-10(18-11(17-9)19-6)15-8-12(2,3)13(8,4)5/h8H,7H2,1-6H3,(H2,14,15,16,17,18). The summed E-state index contributed by atoms with van der Waals surface area (Å²) in [6, 6.07) is 0.672. The van der Waals surface area contributed by atoms with E-state index in [9.17, 15) is 0 Å². The summed E-state index contributed by atoms with van der Waals surface area (Å²) >= 11 is 0. The fourth-order valence-electron chi connectivity index (χ4n) is 2.44. The molecule has 0 aromatic carbocycles. The molecule has 1 heterocycles. The van der Waals surface area contributed by atoms with Crippen LogP contribution in [0.5, 0.6) is 6.01 Å². The van der Waals surface area contributed by atoms with Crippen molar-refractivity contribution in [2.45, 2.75) is 40.7 Å². The van der Waals surface area contributed by atoms with E-state index in [-0.39, 0.29) is 10.8 Å². The molecule has 0 bridgehead atoms. The van der Waals surface area contributed by atoms with Crippen molar-refractivity contribution in [3.8, 4) is 6.01 Å². The smallest absolute Gasteiger partial charge is 0.322 e. The molecule has 0 unspecified atom stereocenters. The van der Waals surface area contributed by atoms with E-state index in [4.69, 9.17) is 4.74 Å². The van der Waals surface area contributed by atoms with Crippen LogP contribution in [-0.2, 0) is 0 Å². The monoisotopic (exact) mass is 265 g/mol. The van der Waals surface area contributed by atoms with Crippen LogP contribution in [-0.4, -0.2) is 34.6 Å². The van der Waals surface area contributed by atoms with Crippen LogP contribution in [0.15, 0.2) is 0 Å². The van der Waals surface area contributed by atoms with Crippen molar-refractivity contribution in [1.82, 2.24) is 15.0 Å². The quantitative estimate of drug-likeness (QED) is 0.850. The normalized spacial score (nSPS) is 19.9. The Morgan fingerprint density at radius 3 is 2.11 bits per heavy atom. The van der Waals surface area contributed by atoms with Gasteiger partial charge < -0.3 is 15.4 Å². The Hall–Kier alpha value is -1.59. The number of nitrogens with one attached hydrogen (secondary N) is 2. The van der Waals surface area contributed by atoms with E-state index in [0.717, 1.165) is 6.54 Å². The van der Waals surface area contributed by atoms with Gasteiger partial charge >= 0.3 is 6.01 Å². The molecule has 1 fully saturated rings. The number of hydrogen-bond donors (Lipinski definition) is 2. The molecule has 1 aromatic rings.